The molecule has 0 atom stereocenters. The Morgan fingerprint density at radius 3 is 2.86 bits per heavy atom. The number of hydrogen-bond acceptors (Lipinski definition) is 5. The lowest BCUT2D eigenvalue weighted by atomic mass is 10.2. The van der Waals surface area contributed by atoms with Gasteiger partial charge in [0.15, 0.2) is 5.58 Å². The molecule has 22 heavy (non-hydrogen) atoms. The molecule has 114 valence electrons. The van der Waals surface area contributed by atoms with Crippen LogP contribution in [0.5, 0.6) is 0 Å². The number of carbonyl (C=O) groups excluding carboxylic acids is 1. The molecule has 0 aliphatic carbocycles. The van der Waals surface area contributed by atoms with E-state index in [1.54, 1.807) is 4.90 Å². The van der Waals surface area contributed by atoms with Gasteiger partial charge in [0, 0.05) is 18.5 Å². The number of amides is 1. The molecule has 0 aliphatic heterocycles. The average Bonchev–Trinajstić information content (AvgIpc) is 2.91. The van der Waals surface area contributed by atoms with Gasteiger partial charge >= 0.3 is 0 Å². The SMILES string of the molecule is CC(C)N(C)C(=O)CSc1ncnc2c1oc1ccccc12. The first kappa shape index (κ1) is 14.8. The number of thioether (sulfide) groups is 1. The second-order valence-electron chi connectivity index (χ2n) is 5.34. The van der Waals surface area contributed by atoms with Crippen LogP contribution in [0.15, 0.2) is 40.0 Å². The summed E-state index contributed by atoms with van der Waals surface area (Å²) >= 11 is 1.38. The molecule has 5 nitrogen and oxygen atoms in total. The van der Waals surface area contributed by atoms with Crippen molar-refractivity contribution in [3.05, 3.63) is 30.6 Å². The normalized spacial score (nSPS) is 11.5. The monoisotopic (exact) mass is 315 g/mol. The van der Waals surface area contributed by atoms with Crippen LogP contribution in [-0.2, 0) is 4.79 Å². The predicted octanol–water partition coefficient (Wildman–Crippen LogP) is 3.33. The first-order valence-electron chi connectivity index (χ1n) is 7.08. The Labute approximate surface area is 132 Å². The van der Waals surface area contributed by atoms with E-state index >= 15 is 0 Å². The molecule has 0 saturated heterocycles. The van der Waals surface area contributed by atoms with Crippen molar-refractivity contribution in [1.29, 1.82) is 0 Å². The summed E-state index contributed by atoms with van der Waals surface area (Å²) in [6.07, 6.45) is 1.52. The van der Waals surface area contributed by atoms with Crippen molar-refractivity contribution < 1.29 is 9.21 Å². The van der Waals surface area contributed by atoms with E-state index in [9.17, 15) is 4.79 Å². The second kappa shape index (κ2) is 5.96. The van der Waals surface area contributed by atoms with Crippen molar-refractivity contribution in [2.24, 2.45) is 0 Å². The number of carbonyl (C=O) groups is 1. The smallest absolute Gasteiger partial charge is 0.232 e. The van der Waals surface area contributed by atoms with Gasteiger partial charge in [-0.15, -0.1) is 0 Å². The molecule has 0 saturated carbocycles. The van der Waals surface area contributed by atoms with E-state index in [1.807, 2.05) is 45.2 Å². The highest BCUT2D eigenvalue weighted by atomic mass is 32.2. The lowest BCUT2D eigenvalue weighted by Gasteiger charge is -2.20. The molecule has 0 fully saturated rings. The van der Waals surface area contributed by atoms with Crippen molar-refractivity contribution >= 4 is 39.7 Å². The number of rotatable bonds is 4. The van der Waals surface area contributed by atoms with Crippen LogP contribution in [0.2, 0.25) is 0 Å². The second-order valence-corrected chi connectivity index (χ2v) is 6.31. The molecule has 3 aromatic rings. The van der Waals surface area contributed by atoms with Crippen LogP contribution in [0, 0.1) is 0 Å². The third-order valence-electron chi connectivity index (χ3n) is 3.63. The van der Waals surface area contributed by atoms with Gasteiger partial charge in [0.2, 0.25) is 5.91 Å². The highest BCUT2D eigenvalue weighted by Crippen LogP contribution is 2.32. The Bertz CT molecular complexity index is 828. The van der Waals surface area contributed by atoms with E-state index in [-0.39, 0.29) is 11.9 Å². The summed E-state index contributed by atoms with van der Waals surface area (Å²) in [6, 6.07) is 7.94. The van der Waals surface area contributed by atoms with Gasteiger partial charge in [-0.05, 0) is 26.0 Å². The zero-order chi connectivity index (χ0) is 15.7. The van der Waals surface area contributed by atoms with Gasteiger partial charge in [-0.2, -0.15) is 0 Å². The molecule has 0 aliphatic rings. The molecular weight excluding hydrogens is 298 g/mol. The molecule has 1 aromatic carbocycles. The maximum Gasteiger partial charge on any atom is 0.232 e. The summed E-state index contributed by atoms with van der Waals surface area (Å²) in [5.74, 6) is 0.403. The molecule has 0 unspecified atom stereocenters. The minimum Gasteiger partial charge on any atom is -0.451 e. The summed E-state index contributed by atoms with van der Waals surface area (Å²) < 4.78 is 5.85. The van der Waals surface area contributed by atoms with E-state index in [1.165, 1.54) is 18.1 Å². The van der Waals surface area contributed by atoms with Crippen molar-refractivity contribution in [3.63, 3.8) is 0 Å². The maximum atomic E-state index is 12.1. The van der Waals surface area contributed by atoms with Crippen LogP contribution in [0.1, 0.15) is 13.8 Å². The van der Waals surface area contributed by atoms with Crippen LogP contribution in [0.4, 0.5) is 0 Å². The summed E-state index contributed by atoms with van der Waals surface area (Å²) in [5, 5.41) is 1.67. The fraction of sp³-hybridized carbons (Fsp3) is 0.312. The summed E-state index contributed by atoms with van der Waals surface area (Å²) in [7, 11) is 1.81. The maximum absolute atomic E-state index is 12.1. The number of nitrogens with zero attached hydrogens (tertiary/aromatic N) is 3. The number of para-hydroxylation sites is 1. The number of furan rings is 1. The molecule has 0 bridgehead atoms. The van der Waals surface area contributed by atoms with E-state index in [4.69, 9.17) is 4.42 Å². The van der Waals surface area contributed by atoms with Gasteiger partial charge in [-0.3, -0.25) is 4.79 Å². The number of hydrogen-bond donors (Lipinski definition) is 0. The fourth-order valence-electron chi connectivity index (χ4n) is 2.13. The van der Waals surface area contributed by atoms with Crippen LogP contribution in [0.25, 0.3) is 22.1 Å². The van der Waals surface area contributed by atoms with Crippen molar-refractivity contribution in [1.82, 2.24) is 14.9 Å². The van der Waals surface area contributed by atoms with Crippen LogP contribution in [-0.4, -0.2) is 39.6 Å². The summed E-state index contributed by atoms with van der Waals surface area (Å²) in [5.41, 5.74) is 2.22. The summed E-state index contributed by atoms with van der Waals surface area (Å²) in [6.45, 7) is 3.98. The Balaban J connectivity index is 1.90. The van der Waals surface area contributed by atoms with Crippen LogP contribution >= 0.6 is 11.8 Å². The molecule has 2 aromatic heterocycles. The lowest BCUT2D eigenvalue weighted by molar-refractivity contribution is -0.128. The van der Waals surface area contributed by atoms with Crippen LogP contribution in [0.3, 0.4) is 0 Å². The van der Waals surface area contributed by atoms with Crippen molar-refractivity contribution in [2.45, 2.75) is 24.9 Å². The van der Waals surface area contributed by atoms with Crippen molar-refractivity contribution in [3.8, 4) is 0 Å². The van der Waals surface area contributed by atoms with E-state index in [0.717, 1.165) is 16.5 Å². The highest BCUT2D eigenvalue weighted by molar-refractivity contribution is 8.00. The first-order chi connectivity index (χ1) is 10.6. The minimum absolute atomic E-state index is 0.0721. The van der Waals surface area contributed by atoms with E-state index < -0.39 is 0 Å². The van der Waals surface area contributed by atoms with E-state index in [0.29, 0.717) is 16.4 Å². The molecule has 2 heterocycles. The highest BCUT2D eigenvalue weighted by Gasteiger charge is 2.16. The topological polar surface area (TPSA) is 59.2 Å². The predicted molar refractivity (Wildman–Crippen MR) is 87.9 cm³/mol. The van der Waals surface area contributed by atoms with Gasteiger partial charge in [0.1, 0.15) is 22.5 Å². The summed E-state index contributed by atoms with van der Waals surface area (Å²) in [4.78, 5) is 22.4. The van der Waals surface area contributed by atoms with Gasteiger partial charge < -0.3 is 9.32 Å². The minimum atomic E-state index is 0.0721. The standard InChI is InChI=1S/C16H17N3O2S/c1-10(2)19(3)13(20)8-22-16-15-14(17-9-18-16)11-6-4-5-7-12(11)21-15/h4-7,9-10H,8H2,1-3H3. The quantitative estimate of drug-likeness (QED) is 0.546. The third-order valence-corrected chi connectivity index (χ3v) is 4.58. The van der Waals surface area contributed by atoms with Gasteiger partial charge in [0.05, 0.1) is 5.75 Å². The Morgan fingerprint density at radius 1 is 1.32 bits per heavy atom. The lowest BCUT2D eigenvalue weighted by Crippen LogP contribution is -2.34. The Morgan fingerprint density at radius 2 is 2.09 bits per heavy atom. The Kier molecular flexibility index (Phi) is 4.02. The average molecular weight is 315 g/mol. The van der Waals surface area contributed by atoms with Crippen LogP contribution < -0.4 is 0 Å². The zero-order valence-electron chi connectivity index (χ0n) is 12.7. The van der Waals surface area contributed by atoms with Gasteiger partial charge in [-0.1, -0.05) is 23.9 Å². The number of fused-ring (bicyclic) bond motifs is 3. The molecule has 0 spiro atoms. The number of aromatic nitrogens is 2. The Hall–Kier alpha value is -2.08. The molecular formula is C16H17N3O2S. The first-order valence-corrected chi connectivity index (χ1v) is 8.07. The number of benzene rings is 1. The van der Waals surface area contributed by atoms with Gasteiger partial charge in [-0.25, -0.2) is 9.97 Å². The molecule has 6 heteroatoms. The van der Waals surface area contributed by atoms with Gasteiger partial charge in [0.25, 0.3) is 0 Å². The fourth-order valence-corrected chi connectivity index (χ4v) is 2.98. The van der Waals surface area contributed by atoms with Crippen molar-refractivity contribution in [2.75, 3.05) is 12.8 Å². The zero-order valence-corrected chi connectivity index (χ0v) is 13.6. The molecule has 0 radical (unpaired) electrons. The van der Waals surface area contributed by atoms with E-state index in [2.05, 4.69) is 9.97 Å². The third kappa shape index (κ3) is 2.66. The molecule has 1 amide bonds. The molecule has 0 N–H and O–H groups in total. The molecule has 3 rings (SSSR count). The largest absolute Gasteiger partial charge is 0.451 e.